The fourth-order valence-corrected chi connectivity index (χ4v) is 2.47. The number of carbonyl (C=O) groups excluding carboxylic acids is 1. The molecule has 0 saturated heterocycles. The molecule has 0 aliphatic rings. The van der Waals surface area contributed by atoms with Crippen LogP contribution in [0.5, 0.6) is 11.5 Å². The Morgan fingerprint density at radius 2 is 1.94 bits per heavy atom. The van der Waals surface area contributed by atoms with Crippen LogP contribution in [0.15, 0.2) is 10.5 Å². The van der Waals surface area contributed by atoms with Gasteiger partial charge in [0.15, 0.2) is 11.5 Å². The van der Waals surface area contributed by atoms with E-state index in [0.717, 1.165) is 27.8 Å². The van der Waals surface area contributed by atoms with Gasteiger partial charge in [-0.05, 0) is 25.0 Å². The maximum atomic E-state index is 11.3. The molecule has 0 atom stereocenters. The summed E-state index contributed by atoms with van der Waals surface area (Å²) < 4.78 is 11.5. The van der Waals surface area contributed by atoms with Gasteiger partial charge in [-0.1, -0.05) is 22.9 Å². The van der Waals surface area contributed by atoms with Gasteiger partial charge in [0.1, 0.15) is 5.78 Å². The average Bonchev–Trinajstić information content (AvgIpc) is 2.30. The van der Waals surface area contributed by atoms with Crippen LogP contribution in [-0.4, -0.2) is 20.0 Å². The lowest BCUT2D eigenvalue weighted by Gasteiger charge is -2.17. The molecule has 0 N–H and O–H groups in total. The fourth-order valence-electron chi connectivity index (χ4n) is 1.89. The van der Waals surface area contributed by atoms with Crippen molar-refractivity contribution in [2.45, 2.75) is 26.7 Å². The molecule has 0 spiro atoms. The Morgan fingerprint density at radius 1 is 1.29 bits per heavy atom. The monoisotopic (exact) mass is 300 g/mol. The Bertz CT molecular complexity index is 427. The van der Waals surface area contributed by atoms with Crippen LogP contribution in [0, 0.1) is 0 Å². The number of hydrogen-bond donors (Lipinski definition) is 0. The third kappa shape index (κ3) is 3.00. The lowest BCUT2D eigenvalue weighted by atomic mass is 9.99. The Labute approximate surface area is 110 Å². The predicted molar refractivity (Wildman–Crippen MR) is 71.0 cm³/mol. The van der Waals surface area contributed by atoms with Crippen LogP contribution in [0.4, 0.5) is 0 Å². The molecule has 0 bridgehead atoms. The second kappa shape index (κ2) is 6.05. The van der Waals surface area contributed by atoms with Crippen LogP contribution in [0.25, 0.3) is 0 Å². The van der Waals surface area contributed by atoms with Crippen molar-refractivity contribution in [1.29, 1.82) is 0 Å². The van der Waals surface area contributed by atoms with Crippen LogP contribution in [0.1, 0.15) is 25.0 Å². The van der Waals surface area contributed by atoms with Gasteiger partial charge in [-0.2, -0.15) is 0 Å². The molecule has 1 rings (SSSR count). The van der Waals surface area contributed by atoms with Crippen molar-refractivity contribution in [2.24, 2.45) is 0 Å². The van der Waals surface area contributed by atoms with Crippen molar-refractivity contribution in [3.63, 3.8) is 0 Å². The molecule has 3 nitrogen and oxygen atoms in total. The summed E-state index contributed by atoms with van der Waals surface area (Å²) in [4.78, 5) is 11.3. The van der Waals surface area contributed by atoms with E-state index in [1.165, 1.54) is 0 Å². The minimum absolute atomic E-state index is 0.132. The Morgan fingerprint density at radius 3 is 2.35 bits per heavy atom. The zero-order valence-electron chi connectivity index (χ0n) is 10.6. The van der Waals surface area contributed by atoms with Gasteiger partial charge >= 0.3 is 0 Å². The molecule has 0 saturated carbocycles. The number of carbonyl (C=O) groups is 1. The van der Waals surface area contributed by atoms with Crippen LogP contribution >= 0.6 is 15.9 Å². The normalized spacial score (nSPS) is 10.2. The quantitative estimate of drug-likeness (QED) is 0.838. The van der Waals surface area contributed by atoms with Gasteiger partial charge in [0.05, 0.1) is 14.2 Å². The number of ketones is 1. The third-order valence-corrected chi connectivity index (χ3v) is 3.32. The van der Waals surface area contributed by atoms with Crippen molar-refractivity contribution in [3.8, 4) is 11.5 Å². The lowest BCUT2D eigenvalue weighted by molar-refractivity contribution is -0.116. The minimum atomic E-state index is 0.132. The molecular weight excluding hydrogens is 284 g/mol. The molecule has 94 valence electrons. The Hall–Kier alpha value is -1.03. The van der Waals surface area contributed by atoms with Crippen molar-refractivity contribution >= 4 is 21.7 Å². The number of benzene rings is 1. The Balaban J connectivity index is 3.43. The number of hydrogen-bond acceptors (Lipinski definition) is 3. The molecule has 0 heterocycles. The van der Waals surface area contributed by atoms with E-state index in [1.54, 1.807) is 21.1 Å². The average molecular weight is 301 g/mol. The van der Waals surface area contributed by atoms with Crippen molar-refractivity contribution in [1.82, 2.24) is 0 Å². The minimum Gasteiger partial charge on any atom is -0.493 e. The number of ether oxygens (including phenoxy) is 2. The highest BCUT2D eigenvalue weighted by Crippen LogP contribution is 2.38. The zero-order chi connectivity index (χ0) is 13.0. The number of halogens is 1. The lowest BCUT2D eigenvalue weighted by Crippen LogP contribution is -2.05. The van der Waals surface area contributed by atoms with E-state index in [2.05, 4.69) is 15.9 Å². The standard InChI is InChI=1S/C13H17BrO3/c1-5-9-10(6-8(2)15)11(14)7-12(16-3)13(9)17-4/h7H,5-6H2,1-4H3. The van der Waals surface area contributed by atoms with Crippen molar-refractivity contribution < 1.29 is 14.3 Å². The van der Waals surface area contributed by atoms with Gasteiger partial charge in [0, 0.05) is 16.5 Å². The summed E-state index contributed by atoms with van der Waals surface area (Å²) >= 11 is 3.48. The van der Waals surface area contributed by atoms with E-state index in [-0.39, 0.29) is 5.78 Å². The van der Waals surface area contributed by atoms with E-state index in [4.69, 9.17) is 9.47 Å². The summed E-state index contributed by atoms with van der Waals surface area (Å²) in [5, 5.41) is 0. The zero-order valence-corrected chi connectivity index (χ0v) is 12.2. The third-order valence-electron chi connectivity index (χ3n) is 2.61. The fraction of sp³-hybridized carbons (Fsp3) is 0.462. The van der Waals surface area contributed by atoms with Gasteiger partial charge in [0.25, 0.3) is 0 Å². The smallest absolute Gasteiger partial charge is 0.164 e. The molecule has 0 aromatic heterocycles. The molecule has 0 aliphatic heterocycles. The topological polar surface area (TPSA) is 35.5 Å². The summed E-state index contributed by atoms with van der Waals surface area (Å²) in [6, 6.07) is 1.84. The SMILES string of the molecule is CCc1c(CC(C)=O)c(Br)cc(OC)c1OC. The van der Waals surface area contributed by atoms with Crippen LogP contribution < -0.4 is 9.47 Å². The first-order valence-electron chi connectivity index (χ1n) is 5.46. The Kier molecular flexibility index (Phi) is 5.00. The van der Waals surface area contributed by atoms with Crippen LogP contribution in [-0.2, 0) is 17.6 Å². The van der Waals surface area contributed by atoms with Crippen molar-refractivity contribution in [3.05, 3.63) is 21.7 Å². The molecule has 17 heavy (non-hydrogen) atoms. The van der Waals surface area contributed by atoms with E-state index in [9.17, 15) is 4.79 Å². The van der Waals surface area contributed by atoms with E-state index in [1.807, 2.05) is 13.0 Å². The molecule has 4 heteroatoms. The second-order valence-electron chi connectivity index (χ2n) is 3.78. The first-order chi connectivity index (χ1) is 8.04. The van der Waals surface area contributed by atoms with Gasteiger partial charge < -0.3 is 9.47 Å². The van der Waals surface area contributed by atoms with E-state index in [0.29, 0.717) is 12.2 Å². The molecule has 0 fully saturated rings. The second-order valence-corrected chi connectivity index (χ2v) is 4.64. The largest absolute Gasteiger partial charge is 0.493 e. The molecule has 0 radical (unpaired) electrons. The number of rotatable bonds is 5. The summed E-state index contributed by atoms with van der Waals surface area (Å²) in [5.41, 5.74) is 2.01. The van der Waals surface area contributed by atoms with Crippen LogP contribution in [0.3, 0.4) is 0 Å². The summed E-state index contributed by atoms with van der Waals surface area (Å²) in [6.45, 7) is 3.62. The maximum Gasteiger partial charge on any atom is 0.164 e. The van der Waals surface area contributed by atoms with Gasteiger partial charge in [-0.25, -0.2) is 0 Å². The summed E-state index contributed by atoms with van der Waals surface area (Å²) in [7, 11) is 3.22. The van der Waals surface area contributed by atoms with Gasteiger partial charge in [-0.15, -0.1) is 0 Å². The van der Waals surface area contributed by atoms with Crippen molar-refractivity contribution in [2.75, 3.05) is 14.2 Å². The highest BCUT2D eigenvalue weighted by molar-refractivity contribution is 9.10. The maximum absolute atomic E-state index is 11.3. The predicted octanol–water partition coefficient (Wildman–Crippen LogP) is 3.16. The molecule has 1 aromatic carbocycles. The summed E-state index contributed by atoms with van der Waals surface area (Å²) in [5.74, 6) is 1.53. The highest BCUT2D eigenvalue weighted by atomic mass is 79.9. The first kappa shape index (κ1) is 14.0. The molecule has 0 unspecified atom stereocenters. The first-order valence-corrected chi connectivity index (χ1v) is 6.26. The summed E-state index contributed by atoms with van der Waals surface area (Å²) in [6.07, 6.45) is 1.20. The highest BCUT2D eigenvalue weighted by Gasteiger charge is 2.18. The molecule has 0 amide bonds. The van der Waals surface area contributed by atoms with Gasteiger partial charge in [-0.3, -0.25) is 4.79 Å². The molecule has 1 aromatic rings. The van der Waals surface area contributed by atoms with E-state index < -0.39 is 0 Å². The molecular formula is C13H17BrO3. The number of Topliss-reactive ketones (excluding diaryl/α,β-unsaturated/α-hetero) is 1. The molecule has 0 aliphatic carbocycles. The number of methoxy groups -OCH3 is 2. The van der Waals surface area contributed by atoms with E-state index >= 15 is 0 Å². The van der Waals surface area contributed by atoms with Gasteiger partial charge in [0.2, 0.25) is 0 Å². The van der Waals surface area contributed by atoms with Crippen LogP contribution in [0.2, 0.25) is 0 Å².